The van der Waals surface area contributed by atoms with E-state index in [9.17, 15) is 9.59 Å². The van der Waals surface area contributed by atoms with Gasteiger partial charge in [-0.25, -0.2) is 0 Å². The van der Waals surface area contributed by atoms with Gasteiger partial charge in [0.15, 0.2) is 0 Å². The Morgan fingerprint density at radius 2 is 1.59 bits per heavy atom. The summed E-state index contributed by atoms with van der Waals surface area (Å²) in [6.45, 7) is 8.48. The Morgan fingerprint density at radius 1 is 0.966 bits per heavy atom. The van der Waals surface area contributed by atoms with E-state index < -0.39 is 0 Å². The first-order chi connectivity index (χ1) is 14.0. The third-order valence-corrected chi connectivity index (χ3v) is 6.33. The predicted molar refractivity (Wildman–Crippen MR) is 117 cm³/mol. The second kappa shape index (κ2) is 10.7. The predicted octanol–water partition coefficient (Wildman–Crippen LogP) is 2.50. The standard InChI is InChI=1S/C23H36N4O2/c1-3-19-9-5-7-11-21(19)25-23(29)17-27-14-12-26(13-15-27)16-22(28)24-20-10-6-4-8-18(20)2/h5,7,9,11,18,20H,3-4,6,8,10,12-17H2,1-2H3,(H,24,28)(H,25,29). The molecule has 1 heterocycles. The van der Waals surface area contributed by atoms with Crippen molar-refractivity contribution in [2.75, 3.05) is 44.6 Å². The van der Waals surface area contributed by atoms with Crippen LogP contribution in [0.25, 0.3) is 0 Å². The van der Waals surface area contributed by atoms with Crippen LogP contribution in [0.15, 0.2) is 24.3 Å². The van der Waals surface area contributed by atoms with Gasteiger partial charge in [-0.1, -0.05) is 44.9 Å². The number of aryl methyl sites for hydroxylation is 1. The normalized spacial score (nSPS) is 23.5. The molecule has 2 fully saturated rings. The van der Waals surface area contributed by atoms with Crippen LogP contribution in [0.1, 0.15) is 45.1 Å². The van der Waals surface area contributed by atoms with Gasteiger partial charge in [0.2, 0.25) is 11.8 Å². The van der Waals surface area contributed by atoms with Crippen LogP contribution in [0, 0.1) is 5.92 Å². The maximum atomic E-state index is 12.4. The molecule has 6 nitrogen and oxygen atoms in total. The zero-order valence-electron chi connectivity index (χ0n) is 18.0. The summed E-state index contributed by atoms with van der Waals surface area (Å²) < 4.78 is 0. The minimum absolute atomic E-state index is 0.0309. The molecule has 1 saturated carbocycles. The Balaban J connectivity index is 1.37. The molecule has 0 bridgehead atoms. The summed E-state index contributed by atoms with van der Waals surface area (Å²) in [4.78, 5) is 29.2. The number of para-hydroxylation sites is 1. The summed E-state index contributed by atoms with van der Waals surface area (Å²) in [6.07, 6.45) is 5.73. The topological polar surface area (TPSA) is 64.7 Å². The molecule has 0 radical (unpaired) electrons. The van der Waals surface area contributed by atoms with Crippen molar-refractivity contribution in [3.8, 4) is 0 Å². The average Bonchev–Trinajstić information content (AvgIpc) is 2.71. The third kappa shape index (κ3) is 6.54. The zero-order chi connectivity index (χ0) is 20.6. The van der Waals surface area contributed by atoms with E-state index in [0.717, 1.165) is 50.3 Å². The second-order valence-corrected chi connectivity index (χ2v) is 8.55. The van der Waals surface area contributed by atoms with Crippen molar-refractivity contribution in [2.45, 2.75) is 52.0 Å². The summed E-state index contributed by atoms with van der Waals surface area (Å²) in [6, 6.07) is 8.30. The Morgan fingerprint density at radius 3 is 2.24 bits per heavy atom. The van der Waals surface area contributed by atoms with Crippen molar-refractivity contribution in [1.82, 2.24) is 15.1 Å². The summed E-state index contributed by atoms with van der Waals surface area (Å²) in [7, 11) is 0. The first-order valence-electron chi connectivity index (χ1n) is 11.2. The highest BCUT2D eigenvalue weighted by molar-refractivity contribution is 5.93. The fourth-order valence-electron chi connectivity index (χ4n) is 4.44. The van der Waals surface area contributed by atoms with Crippen LogP contribution in [0.4, 0.5) is 5.69 Å². The quantitative estimate of drug-likeness (QED) is 0.738. The van der Waals surface area contributed by atoms with E-state index in [1.807, 2.05) is 24.3 Å². The van der Waals surface area contributed by atoms with Crippen LogP contribution in [-0.2, 0) is 16.0 Å². The number of nitrogens with one attached hydrogen (secondary N) is 2. The molecule has 1 saturated heterocycles. The molecule has 2 amide bonds. The molecule has 0 aromatic heterocycles. The van der Waals surface area contributed by atoms with E-state index in [-0.39, 0.29) is 11.8 Å². The number of hydrogen-bond donors (Lipinski definition) is 2. The molecule has 6 heteroatoms. The van der Waals surface area contributed by atoms with Gasteiger partial charge in [0.1, 0.15) is 0 Å². The third-order valence-electron chi connectivity index (χ3n) is 6.33. The summed E-state index contributed by atoms with van der Waals surface area (Å²) in [5.41, 5.74) is 2.07. The number of nitrogens with zero attached hydrogens (tertiary/aromatic N) is 2. The van der Waals surface area contributed by atoms with Gasteiger partial charge in [-0.05, 0) is 36.8 Å². The van der Waals surface area contributed by atoms with Crippen LogP contribution in [0.5, 0.6) is 0 Å². The van der Waals surface area contributed by atoms with Crippen molar-refractivity contribution >= 4 is 17.5 Å². The lowest BCUT2D eigenvalue weighted by Crippen LogP contribution is -2.52. The number of rotatable bonds is 7. The molecule has 1 aliphatic heterocycles. The van der Waals surface area contributed by atoms with Crippen LogP contribution >= 0.6 is 0 Å². The molecule has 160 valence electrons. The van der Waals surface area contributed by atoms with Gasteiger partial charge in [-0.3, -0.25) is 19.4 Å². The number of anilines is 1. The summed E-state index contributed by atoms with van der Waals surface area (Å²) in [5.74, 6) is 0.760. The zero-order valence-corrected chi connectivity index (χ0v) is 18.0. The summed E-state index contributed by atoms with van der Waals surface area (Å²) in [5, 5.41) is 6.28. The van der Waals surface area contributed by atoms with Gasteiger partial charge in [-0.15, -0.1) is 0 Å². The maximum absolute atomic E-state index is 12.4. The van der Waals surface area contributed by atoms with Crippen LogP contribution in [-0.4, -0.2) is 66.9 Å². The van der Waals surface area contributed by atoms with E-state index in [0.29, 0.717) is 25.0 Å². The SMILES string of the molecule is CCc1ccccc1NC(=O)CN1CCN(CC(=O)NC2CCCCC2C)CC1. The van der Waals surface area contributed by atoms with Crippen molar-refractivity contribution in [2.24, 2.45) is 5.92 Å². The van der Waals surface area contributed by atoms with Crippen LogP contribution in [0.2, 0.25) is 0 Å². The molecule has 0 spiro atoms. The molecule has 2 unspecified atom stereocenters. The van der Waals surface area contributed by atoms with E-state index in [1.165, 1.54) is 19.3 Å². The molecule has 3 rings (SSSR count). The van der Waals surface area contributed by atoms with E-state index in [1.54, 1.807) is 0 Å². The second-order valence-electron chi connectivity index (χ2n) is 8.55. The first kappa shape index (κ1) is 21.8. The molecule has 2 N–H and O–H groups in total. The van der Waals surface area contributed by atoms with Crippen molar-refractivity contribution in [1.29, 1.82) is 0 Å². The summed E-state index contributed by atoms with van der Waals surface area (Å²) >= 11 is 0. The fraction of sp³-hybridized carbons (Fsp3) is 0.652. The van der Waals surface area contributed by atoms with Gasteiger partial charge in [0.05, 0.1) is 13.1 Å². The molecule has 1 aliphatic carbocycles. The molecular weight excluding hydrogens is 364 g/mol. The molecular formula is C23H36N4O2. The highest BCUT2D eigenvalue weighted by Crippen LogP contribution is 2.23. The minimum Gasteiger partial charge on any atom is -0.352 e. The lowest BCUT2D eigenvalue weighted by molar-refractivity contribution is -0.124. The minimum atomic E-state index is 0.0309. The number of carbonyl (C=O) groups excluding carboxylic acids is 2. The van der Waals surface area contributed by atoms with E-state index in [2.05, 4.69) is 34.3 Å². The highest BCUT2D eigenvalue weighted by Gasteiger charge is 2.25. The molecule has 29 heavy (non-hydrogen) atoms. The number of carbonyl (C=O) groups is 2. The van der Waals surface area contributed by atoms with Crippen LogP contribution in [0.3, 0.4) is 0 Å². The number of benzene rings is 1. The maximum Gasteiger partial charge on any atom is 0.238 e. The molecule has 2 atom stereocenters. The Kier molecular flexibility index (Phi) is 8.07. The largest absolute Gasteiger partial charge is 0.352 e. The van der Waals surface area contributed by atoms with Crippen molar-refractivity contribution < 1.29 is 9.59 Å². The van der Waals surface area contributed by atoms with Crippen molar-refractivity contribution in [3.05, 3.63) is 29.8 Å². The fourth-order valence-corrected chi connectivity index (χ4v) is 4.44. The molecule has 1 aromatic rings. The monoisotopic (exact) mass is 400 g/mol. The lowest BCUT2D eigenvalue weighted by Gasteiger charge is -2.35. The first-order valence-corrected chi connectivity index (χ1v) is 11.2. The van der Waals surface area contributed by atoms with Gasteiger partial charge < -0.3 is 10.6 Å². The Labute approximate surface area is 175 Å². The van der Waals surface area contributed by atoms with E-state index in [4.69, 9.17) is 0 Å². The van der Waals surface area contributed by atoms with Crippen molar-refractivity contribution in [3.63, 3.8) is 0 Å². The number of hydrogen-bond acceptors (Lipinski definition) is 4. The van der Waals surface area contributed by atoms with Crippen LogP contribution < -0.4 is 10.6 Å². The average molecular weight is 401 g/mol. The highest BCUT2D eigenvalue weighted by atomic mass is 16.2. The molecule has 1 aromatic carbocycles. The number of piperazine rings is 1. The molecule has 2 aliphatic rings. The Bertz CT molecular complexity index is 685. The smallest absolute Gasteiger partial charge is 0.238 e. The van der Waals surface area contributed by atoms with Gasteiger partial charge in [-0.2, -0.15) is 0 Å². The lowest BCUT2D eigenvalue weighted by atomic mass is 9.86. The number of amides is 2. The van der Waals surface area contributed by atoms with Gasteiger partial charge in [0.25, 0.3) is 0 Å². The Hall–Kier alpha value is -1.92. The van der Waals surface area contributed by atoms with Gasteiger partial charge >= 0.3 is 0 Å². The van der Waals surface area contributed by atoms with Gasteiger partial charge in [0, 0.05) is 37.9 Å². The van der Waals surface area contributed by atoms with E-state index >= 15 is 0 Å².